The lowest BCUT2D eigenvalue weighted by Gasteiger charge is -2.20. The normalized spacial score (nSPS) is 10.8. The van der Waals surface area contributed by atoms with Crippen molar-refractivity contribution in [2.75, 3.05) is 11.9 Å². The standard InChI is InChI=1S/C13H16BrNO5/c1-13(2,3)20-12(18)15-9-6-8(14)4-5-10(9)19-7-11(16)17/h4-6H,7H2,1-3H3,(H,15,18)(H,16,17). The predicted octanol–water partition coefficient (Wildman–Crippen LogP) is 3.26. The van der Waals surface area contributed by atoms with Crippen molar-refractivity contribution < 1.29 is 24.2 Å². The van der Waals surface area contributed by atoms with E-state index in [1.54, 1.807) is 39.0 Å². The third-order valence-corrected chi connectivity index (χ3v) is 2.42. The molecule has 0 fully saturated rings. The number of hydrogen-bond acceptors (Lipinski definition) is 4. The van der Waals surface area contributed by atoms with Gasteiger partial charge >= 0.3 is 12.1 Å². The third kappa shape index (κ3) is 5.92. The van der Waals surface area contributed by atoms with Gasteiger partial charge in [-0.05, 0) is 39.0 Å². The summed E-state index contributed by atoms with van der Waals surface area (Å²) in [6.45, 7) is 4.74. The van der Waals surface area contributed by atoms with Crippen molar-refractivity contribution in [2.24, 2.45) is 0 Å². The first-order valence-electron chi connectivity index (χ1n) is 5.81. The molecule has 110 valence electrons. The fourth-order valence-electron chi connectivity index (χ4n) is 1.28. The van der Waals surface area contributed by atoms with Gasteiger partial charge in [0.05, 0.1) is 5.69 Å². The van der Waals surface area contributed by atoms with Crippen LogP contribution in [0.4, 0.5) is 10.5 Å². The first kappa shape index (κ1) is 16.3. The Balaban J connectivity index is 2.84. The van der Waals surface area contributed by atoms with Gasteiger partial charge in [0.15, 0.2) is 6.61 Å². The summed E-state index contributed by atoms with van der Waals surface area (Å²) >= 11 is 3.26. The molecule has 0 aliphatic heterocycles. The number of carbonyl (C=O) groups is 2. The van der Waals surface area contributed by atoms with Crippen LogP contribution in [0.2, 0.25) is 0 Å². The van der Waals surface area contributed by atoms with Gasteiger partial charge in [0.25, 0.3) is 0 Å². The van der Waals surface area contributed by atoms with Crippen LogP contribution in [0.3, 0.4) is 0 Å². The van der Waals surface area contributed by atoms with Crippen molar-refractivity contribution >= 4 is 33.7 Å². The molecule has 0 saturated carbocycles. The lowest BCUT2D eigenvalue weighted by molar-refractivity contribution is -0.139. The molecule has 0 aromatic heterocycles. The van der Waals surface area contributed by atoms with Crippen LogP contribution < -0.4 is 10.1 Å². The van der Waals surface area contributed by atoms with E-state index >= 15 is 0 Å². The lowest BCUT2D eigenvalue weighted by atomic mass is 10.2. The van der Waals surface area contributed by atoms with Crippen LogP contribution in [0.15, 0.2) is 22.7 Å². The number of benzene rings is 1. The van der Waals surface area contributed by atoms with Crippen molar-refractivity contribution in [3.05, 3.63) is 22.7 Å². The number of carboxylic acid groups (broad SMARTS) is 1. The summed E-state index contributed by atoms with van der Waals surface area (Å²) in [5.74, 6) is -0.849. The highest BCUT2D eigenvalue weighted by Gasteiger charge is 2.18. The van der Waals surface area contributed by atoms with Gasteiger partial charge in [0, 0.05) is 4.47 Å². The third-order valence-electron chi connectivity index (χ3n) is 1.93. The number of aliphatic carboxylic acids is 1. The minimum Gasteiger partial charge on any atom is -0.480 e. The molecule has 0 radical (unpaired) electrons. The van der Waals surface area contributed by atoms with E-state index in [-0.39, 0.29) is 5.75 Å². The summed E-state index contributed by atoms with van der Waals surface area (Å²) in [4.78, 5) is 22.2. The number of halogens is 1. The minimum atomic E-state index is -1.10. The molecule has 0 aliphatic rings. The number of nitrogens with one attached hydrogen (secondary N) is 1. The van der Waals surface area contributed by atoms with E-state index in [0.29, 0.717) is 10.2 Å². The molecule has 0 bridgehead atoms. The average molecular weight is 346 g/mol. The largest absolute Gasteiger partial charge is 0.480 e. The molecule has 20 heavy (non-hydrogen) atoms. The number of anilines is 1. The van der Waals surface area contributed by atoms with Crippen LogP contribution in [0, 0.1) is 0 Å². The maximum atomic E-state index is 11.7. The first-order chi connectivity index (χ1) is 9.17. The highest BCUT2D eigenvalue weighted by molar-refractivity contribution is 9.10. The Morgan fingerprint density at radius 1 is 1.35 bits per heavy atom. The fraction of sp³-hybridized carbons (Fsp3) is 0.385. The molecule has 1 amide bonds. The number of carboxylic acids is 1. The summed E-state index contributed by atoms with van der Waals surface area (Å²) < 4.78 is 10.9. The van der Waals surface area contributed by atoms with Gasteiger partial charge in [-0.3, -0.25) is 5.32 Å². The van der Waals surface area contributed by atoms with Crippen LogP contribution in [0.1, 0.15) is 20.8 Å². The summed E-state index contributed by atoms with van der Waals surface area (Å²) in [7, 11) is 0. The number of carbonyl (C=O) groups excluding carboxylic acids is 1. The molecule has 7 heteroatoms. The van der Waals surface area contributed by atoms with Crippen molar-refractivity contribution in [2.45, 2.75) is 26.4 Å². The molecule has 0 aliphatic carbocycles. The fourth-order valence-corrected chi connectivity index (χ4v) is 1.64. The molecule has 1 rings (SSSR count). The summed E-state index contributed by atoms with van der Waals surface area (Å²) in [6, 6.07) is 4.83. The second-order valence-electron chi connectivity index (χ2n) is 4.95. The van der Waals surface area contributed by atoms with Crippen LogP contribution in [0.25, 0.3) is 0 Å². The number of ether oxygens (including phenoxy) is 2. The van der Waals surface area contributed by atoms with E-state index in [0.717, 1.165) is 0 Å². The molecular formula is C13H16BrNO5. The zero-order chi connectivity index (χ0) is 15.3. The number of amides is 1. The maximum absolute atomic E-state index is 11.7. The van der Waals surface area contributed by atoms with E-state index in [2.05, 4.69) is 21.2 Å². The van der Waals surface area contributed by atoms with Crippen LogP contribution >= 0.6 is 15.9 Å². The van der Waals surface area contributed by atoms with Crippen molar-refractivity contribution in [1.29, 1.82) is 0 Å². The van der Waals surface area contributed by atoms with Crippen molar-refractivity contribution in [3.63, 3.8) is 0 Å². The monoisotopic (exact) mass is 345 g/mol. The number of hydrogen-bond donors (Lipinski definition) is 2. The number of rotatable bonds is 4. The Kier molecular flexibility index (Phi) is 5.38. The highest BCUT2D eigenvalue weighted by Crippen LogP contribution is 2.28. The van der Waals surface area contributed by atoms with Gasteiger partial charge in [-0.1, -0.05) is 15.9 Å². The average Bonchev–Trinajstić information content (AvgIpc) is 2.24. The lowest BCUT2D eigenvalue weighted by Crippen LogP contribution is -2.27. The quantitative estimate of drug-likeness (QED) is 0.874. The van der Waals surface area contributed by atoms with Gasteiger partial charge in [-0.15, -0.1) is 0 Å². The van der Waals surface area contributed by atoms with Gasteiger partial charge in [0.2, 0.25) is 0 Å². The van der Waals surface area contributed by atoms with Crippen molar-refractivity contribution in [3.8, 4) is 5.75 Å². The molecule has 0 unspecified atom stereocenters. The van der Waals surface area contributed by atoms with Crippen molar-refractivity contribution in [1.82, 2.24) is 0 Å². The Bertz CT molecular complexity index is 510. The molecule has 6 nitrogen and oxygen atoms in total. The minimum absolute atomic E-state index is 0.251. The van der Waals surface area contributed by atoms with E-state index in [9.17, 15) is 9.59 Å². The Hall–Kier alpha value is -1.76. The van der Waals surface area contributed by atoms with Gasteiger partial charge in [-0.25, -0.2) is 9.59 Å². The van der Waals surface area contributed by atoms with Gasteiger partial charge < -0.3 is 14.6 Å². The zero-order valence-corrected chi connectivity index (χ0v) is 13.0. The summed E-state index contributed by atoms with van der Waals surface area (Å²) in [6.07, 6.45) is -0.643. The smallest absolute Gasteiger partial charge is 0.412 e. The summed E-state index contributed by atoms with van der Waals surface area (Å²) in [5, 5.41) is 11.1. The highest BCUT2D eigenvalue weighted by atomic mass is 79.9. The molecule has 0 heterocycles. The molecule has 1 aromatic carbocycles. The zero-order valence-electron chi connectivity index (χ0n) is 11.4. The SMILES string of the molecule is CC(C)(C)OC(=O)Nc1cc(Br)ccc1OCC(=O)O. The molecule has 0 atom stereocenters. The maximum Gasteiger partial charge on any atom is 0.412 e. The molecule has 2 N–H and O–H groups in total. The van der Waals surface area contributed by atoms with E-state index in [1.807, 2.05) is 0 Å². The Labute approximate surface area is 125 Å². The Morgan fingerprint density at radius 2 is 2.00 bits per heavy atom. The van der Waals surface area contributed by atoms with Crippen LogP contribution in [0.5, 0.6) is 5.75 Å². The molecular weight excluding hydrogens is 330 g/mol. The van der Waals surface area contributed by atoms with E-state index in [1.165, 1.54) is 0 Å². The second kappa shape index (κ2) is 6.60. The van der Waals surface area contributed by atoms with E-state index < -0.39 is 24.3 Å². The molecule has 0 spiro atoms. The van der Waals surface area contributed by atoms with Crippen LogP contribution in [-0.4, -0.2) is 29.4 Å². The second-order valence-corrected chi connectivity index (χ2v) is 5.87. The molecule has 0 saturated heterocycles. The molecule has 1 aromatic rings. The van der Waals surface area contributed by atoms with Gasteiger partial charge in [0.1, 0.15) is 11.4 Å². The topological polar surface area (TPSA) is 84.9 Å². The summed E-state index contributed by atoms with van der Waals surface area (Å²) in [5.41, 5.74) is -0.298. The van der Waals surface area contributed by atoms with Crippen LogP contribution in [-0.2, 0) is 9.53 Å². The Morgan fingerprint density at radius 3 is 2.55 bits per heavy atom. The predicted molar refractivity (Wildman–Crippen MR) is 77.1 cm³/mol. The van der Waals surface area contributed by atoms with Gasteiger partial charge in [-0.2, -0.15) is 0 Å². The first-order valence-corrected chi connectivity index (χ1v) is 6.61. The van der Waals surface area contributed by atoms with E-state index in [4.69, 9.17) is 14.6 Å².